The van der Waals surface area contributed by atoms with Crippen LogP contribution in [0.2, 0.25) is 0 Å². The van der Waals surface area contributed by atoms with E-state index in [1.807, 2.05) is 11.4 Å². The van der Waals surface area contributed by atoms with E-state index in [4.69, 9.17) is 0 Å². The molecule has 1 N–H and O–H groups in total. The molecule has 0 radical (unpaired) electrons. The van der Waals surface area contributed by atoms with E-state index < -0.39 is 0 Å². The molecule has 19 heavy (non-hydrogen) atoms. The number of hydrogen-bond acceptors (Lipinski definition) is 4. The Hall–Kier alpha value is -1.18. The first kappa shape index (κ1) is 14.2. The predicted octanol–water partition coefficient (Wildman–Crippen LogP) is 1.20. The monoisotopic (exact) mass is 343 g/mol. The molecule has 0 aromatic carbocycles. The third kappa shape index (κ3) is 3.23. The second kappa shape index (κ2) is 5.85. The topological polar surface area (TPSA) is 56.0 Å². The van der Waals surface area contributed by atoms with E-state index >= 15 is 0 Å². The molecule has 0 unspecified atom stereocenters. The summed E-state index contributed by atoms with van der Waals surface area (Å²) in [7, 11) is 3.14. The van der Waals surface area contributed by atoms with Gasteiger partial charge in [0.25, 0.3) is 5.56 Å². The molecule has 0 saturated heterocycles. The van der Waals surface area contributed by atoms with Gasteiger partial charge in [-0.15, -0.1) is 11.3 Å². The summed E-state index contributed by atoms with van der Waals surface area (Å²) >= 11 is 5.05. The van der Waals surface area contributed by atoms with E-state index in [0.29, 0.717) is 18.8 Å². The maximum absolute atomic E-state index is 11.7. The van der Waals surface area contributed by atoms with Gasteiger partial charge in [0, 0.05) is 53.7 Å². The average Bonchev–Trinajstić information content (AvgIpc) is 2.79. The molecule has 5 nitrogen and oxygen atoms in total. The number of hydrogen-bond donors (Lipinski definition) is 1. The molecule has 0 fully saturated rings. The van der Waals surface area contributed by atoms with Crippen molar-refractivity contribution >= 4 is 27.3 Å². The smallest absolute Gasteiger partial charge is 0.306 e. The summed E-state index contributed by atoms with van der Waals surface area (Å²) in [6.07, 6.45) is 0. The lowest BCUT2D eigenvalue weighted by Gasteiger charge is -2.09. The Morgan fingerprint density at radius 2 is 1.95 bits per heavy atom. The number of nitrogens with zero attached hydrogens (tertiary/aromatic N) is 2. The number of aromatic nitrogens is 2. The standard InChI is InChI=1S/C12H14BrN3O2S/c1-15-9(4-11(17)16(2)12(15)18)5-14-6-10-3-8(13)7-19-10/h3-4,7,14H,5-6H2,1-2H3. The minimum absolute atomic E-state index is 0.279. The normalized spacial score (nSPS) is 10.9. The Bertz CT molecular complexity index is 702. The van der Waals surface area contributed by atoms with Crippen LogP contribution in [-0.2, 0) is 27.2 Å². The Morgan fingerprint density at radius 3 is 2.58 bits per heavy atom. The maximum Gasteiger partial charge on any atom is 0.330 e. The zero-order chi connectivity index (χ0) is 14.0. The van der Waals surface area contributed by atoms with Crippen LogP contribution in [0, 0.1) is 0 Å². The SMILES string of the molecule is Cn1c(CNCc2cc(Br)cs2)cc(=O)n(C)c1=O. The van der Waals surface area contributed by atoms with Gasteiger partial charge in [-0.3, -0.25) is 13.9 Å². The molecule has 0 aliphatic rings. The third-order valence-corrected chi connectivity index (χ3v) is 4.55. The van der Waals surface area contributed by atoms with Crippen molar-refractivity contribution in [2.45, 2.75) is 13.1 Å². The summed E-state index contributed by atoms with van der Waals surface area (Å²) < 4.78 is 3.65. The van der Waals surface area contributed by atoms with Crippen molar-refractivity contribution in [2.75, 3.05) is 0 Å². The van der Waals surface area contributed by atoms with Crippen LogP contribution in [0.1, 0.15) is 10.6 Å². The predicted molar refractivity (Wildman–Crippen MR) is 79.5 cm³/mol. The second-order valence-electron chi connectivity index (χ2n) is 4.21. The van der Waals surface area contributed by atoms with E-state index in [9.17, 15) is 9.59 Å². The lowest BCUT2D eigenvalue weighted by molar-refractivity contribution is 0.603. The van der Waals surface area contributed by atoms with Crippen LogP contribution in [0.4, 0.5) is 0 Å². The van der Waals surface area contributed by atoms with E-state index in [0.717, 1.165) is 9.04 Å². The summed E-state index contributed by atoms with van der Waals surface area (Å²) in [6, 6.07) is 3.53. The Morgan fingerprint density at radius 1 is 1.21 bits per heavy atom. The first-order chi connectivity index (χ1) is 8.99. The molecule has 0 aliphatic heterocycles. The van der Waals surface area contributed by atoms with Crippen LogP contribution in [0.3, 0.4) is 0 Å². The van der Waals surface area contributed by atoms with Crippen molar-refractivity contribution in [2.24, 2.45) is 14.1 Å². The van der Waals surface area contributed by atoms with Crippen LogP contribution < -0.4 is 16.6 Å². The van der Waals surface area contributed by atoms with Crippen molar-refractivity contribution < 1.29 is 0 Å². The highest BCUT2D eigenvalue weighted by Crippen LogP contribution is 2.19. The van der Waals surface area contributed by atoms with Crippen molar-refractivity contribution in [1.29, 1.82) is 0 Å². The average molecular weight is 344 g/mol. The Kier molecular flexibility index (Phi) is 4.38. The van der Waals surface area contributed by atoms with Gasteiger partial charge in [0.15, 0.2) is 0 Å². The fourth-order valence-electron chi connectivity index (χ4n) is 1.71. The van der Waals surface area contributed by atoms with Gasteiger partial charge in [0.2, 0.25) is 0 Å². The van der Waals surface area contributed by atoms with Gasteiger partial charge in [-0.25, -0.2) is 4.79 Å². The van der Waals surface area contributed by atoms with E-state index in [1.165, 1.54) is 22.6 Å². The van der Waals surface area contributed by atoms with Crippen LogP contribution >= 0.6 is 27.3 Å². The van der Waals surface area contributed by atoms with Crippen LogP contribution in [0.5, 0.6) is 0 Å². The highest BCUT2D eigenvalue weighted by molar-refractivity contribution is 9.10. The maximum atomic E-state index is 11.7. The molecule has 2 aromatic heterocycles. The van der Waals surface area contributed by atoms with Crippen LogP contribution in [0.15, 0.2) is 31.6 Å². The zero-order valence-corrected chi connectivity index (χ0v) is 13.0. The fraction of sp³-hybridized carbons (Fsp3) is 0.333. The lowest BCUT2D eigenvalue weighted by atomic mass is 10.3. The van der Waals surface area contributed by atoms with Crippen molar-refractivity contribution in [1.82, 2.24) is 14.5 Å². The largest absolute Gasteiger partial charge is 0.330 e. The van der Waals surface area contributed by atoms with Crippen LogP contribution in [0.25, 0.3) is 0 Å². The quantitative estimate of drug-likeness (QED) is 0.907. The summed E-state index contributed by atoms with van der Waals surface area (Å²) in [5.41, 5.74) is 0.102. The zero-order valence-electron chi connectivity index (χ0n) is 10.6. The first-order valence-corrected chi connectivity index (χ1v) is 7.36. The van der Waals surface area contributed by atoms with Crippen molar-refractivity contribution in [3.8, 4) is 0 Å². The number of nitrogens with one attached hydrogen (secondary N) is 1. The summed E-state index contributed by atoms with van der Waals surface area (Å²) in [4.78, 5) is 24.5. The van der Waals surface area contributed by atoms with Gasteiger partial charge < -0.3 is 5.32 Å². The summed E-state index contributed by atoms with van der Waals surface area (Å²) in [6.45, 7) is 1.19. The molecule has 0 amide bonds. The van der Waals surface area contributed by atoms with Crippen molar-refractivity contribution in [3.05, 3.63) is 53.4 Å². The molecule has 0 bridgehead atoms. The minimum atomic E-state index is -0.303. The van der Waals surface area contributed by atoms with Crippen molar-refractivity contribution in [3.63, 3.8) is 0 Å². The minimum Gasteiger partial charge on any atom is -0.306 e. The van der Waals surface area contributed by atoms with E-state index in [1.54, 1.807) is 18.4 Å². The molecular formula is C12H14BrN3O2S. The fourth-order valence-corrected chi connectivity index (χ4v) is 3.13. The highest BCUT2D eigenvalue weighted by Gasteiger charge is 2.05. The molecule has 0 atom stereocenters. The highest BCUT2D eigenvalue weighted by atomic mass is 79.9. The molecule has 7 heteroatoms. The lowest BCUT2D eigenvalue weighted by Crippen LogP contribution is -2.38. The molecule has 0 spiro atoms. The number of rotatable bonds is 4. The first-order valence-electron chi connectivity index (χ1n) is 5.68. The Labute approximate surface area is 122 Å². The van der Waals surface area contributed by atoms with Gasteiger partial charge in [-0.05, 0) is 22.0 Å². The van der Waals surface area contributed by atoms with Gasteiger partial charge in [-0.1, -0.05) is 0 Å². The second-order valence-corrected chi connectivity index (χ2v) is 6.12. The third-order valence-electron chi connectivity index (χ3n) is 2.85. The van der Waals surface area contributed by atoms with E-state index in [-0.39, 0.29) is 11.2 Å². The summed E-state index contributed by atoms with van der Waals surface area (Å²) in [5, 5.41) is 5.25. The molecule has 102 valence electrons. The number of halogens is 1. The van der Waals surface area contributed by atoms with Gasteiger partial charge >= 0.3 is 5.69 Å². The number of thiophene rings is 1. The van der Waals surface area contributed by atoms with Gasteiger partial charge in [0.1, 0.15) is 0 Å². The molecular weight excluding hydrogens is 330 g/mol. The molecule has 2 rings (SSSR count). The molecule has 2 aromatic rings. The molecule has 2 heterocycles. The van der Waals surface area contributed by atoms with Gasteiger partial charge in [-0.2, -0.15) is 0 Å². The Balaban J connectivity index is 2.08. The molecule has 0 saturated carbocycles. The summed E-state index contributed by atoms with van der Waals surface area (Å²) in [5.74, 6) is 0. The van der Waals surface area contributed by atoms with Crippen LogP contribution in [-0.4, -0.2) is 9.13 Å². The van der Waals surface area contributed by atoms with E-state index in [2.05, 4.69) is 21.2 Å². The molecule has 0 aliphatic carbocycles. The van der Waals surface area contributed by atoms with Gasteiger partial charge in [0.05, 0.1) is 0 Å².